The van der Waals surface area contributed by atoms with Crippen molar-refractivity contribution in [2.75, 3.05) is 30.0 Å². The van der Waals surface area contributed by atoms with Crippen LogP contribution in [0.5, 0.6) is 11.5 Å². The molecular formula is C26H25ClN2O4. The summed E-state index contributed by atoms with van der Waals surface area (Å²) in [5.74, 6) is 1.14. The molecule has 6 nitrogen and oxygen atoms in total. The molecule has 1 heterocycles. The number of fused-ring (bicyclic) bond motifs is 1. The number of nitrogens with zero attached hydrogens (tertiary/aromatic N) is 1. The van der Waals surface area contributed by atoms with Crippen LogP contribution in [-0.2, 0) is 4.79 Å². The fourth-order valence-electron chi connectivity index (χ4n) is 3.60. The highest BCUT2D eigenvalue weighted by molar-refractivity contribution is 6.30. The van der Waals surface area contributed by atoms with Crippen LogP contribution in [-0.4, -0.2) is 31.6 Å². The Morgan fingerprint density at radius 3 is 2.67 bits per heavy atom. The average molecular weight is 465 g/mol. The van der Waals surface area contributed by atoms with Gasteiger partial charge >= 0.3 is 0 Å². The second kappa shape index (κ2) is 10.4. The molecule has 7 heteroatoms. The summed E-state index contributed by atoms with van der Waals surface area (Å²) in [6.45, 7) is 3.14. The summed E-state index contributed by atoms with van der Waals surface area (Å²) < 4.78 is 11.4. The zero-order chi connectivity index (χ0) is 23.2. The summed E-state index contributed by atoms with van der Waals surface area (Å²) >= 11 is 5.89. The molecule has 0 aliphatic carbocycles. The molecule has 0 unspecified atom stereocenters. The van der Waals surface area contributed by atoms with E-state index < -0.39 is 0 Å². The summed E-state index contributed by atoms with van der Waals surface area (Å²) in [4.78, 5) is 26.8. The van der Waals surface area contributed by atoms with Crippen molar-refractivity contribution in [3.63, 3.8) is 0 Å². The molecule has 170 valence electrons. The fourth-order valence-corrected chi connectivity index (χ4v) is 3.73. The third-order valence-electron chi connectivity index (χ3n) is 5.39. The molecule has 0 radical (unpaired) electrons. The van der Waals surface area contributed by atoms with Crippen molar-refractivity contribution in [3.05, 3.63) is 82.9 Å². The minimum Gasteiger partial charge on any atom is -0.493 e. The monoisotopic (exact) mass is 464 g/mol. The van der Waals surface area contributed by atoms with E-state index in [4.69, 9.17) is 21.1 Å². The minimum atomic E-state index is -0.255. The predicted molar refractivity (Wildman–Crippen MR) is 130 cm³/mol. The van der Waals surface area contributed by atoms with Crippen LogP contribution in [0, 0.1) is 6.92 Å². The molecule has 3 aromatic carbocycles. The molecule has 0 aromatic heterocycles. The van der Waals surface area contributed by atoms with Gasteiger partial charge in [-0.1, -0.05) is 29.8 Å². The van der Waals surface area contributed by atoms with Crippen LogP contribution in [0.4, 0.5) is 11.4 Å². The number of anilines is 2. The highest BCUT2D eigenvalue weighted by atomic mass is 35.5. The zero-order valence-electron chi connectivity index (χ0n) is 18.3. The normalized spacial score (nSPS) is 12.7. The first-order chi connectivity index (χ1) is 16.0. The van der Waals surface area contributed by atoms with Gasteiger partial charge in [-0.2, -0.15) is 0 Å². The number of hydrogen-bond donors (Lipinski definition) is 1. The smallest absolute Gasteiger partial charge is 0.265 e. The van der Waals surface area contributed by atoms with E-state index in [0.717, 1.165) is 24.2 Å². The Hall–Kier alpha value is -3.51. The van der Waals surface area contributed by atoms with E-state index >= 15 is 0 Å². The lowest BCUT2D eigenvalue weighted by Crippen LogP contribution is -2.39. The number of ether oxygens (including phenoxy) is 2. The summed E-state index contributed by atoms with van der Waals surface area (Å²) in [6, 6.07) is 19.9. The molecular weight excluding hydrogens is 440 g/mol. The summed E-state index contributed by atoms with van der Waals surface area (Å²) in [5, 5.41) is 3.43. The maximum atomic E-state index is 12.5. The van der Waals surface area contributed by atoms with Gasteiger partial charge < -0.3 is 19.7 Å². The quantitative estimate of drug-likeness (QED) is 0.448. The zero-order valence-corrected chi connectivity index (χ0v) is 19.1. The standard InChI is InChI=1S/C26H25ClN2O4/c1-18-6-2-3-7-23(18)32-15-5-4-14-29-22-16-21(12-13-24(22)33-17-25(29)30)28-26(31)19-8-10-20(27)11-9-19/h2-3,6-13,16H,4-5,14-15,17H2,1H3,(H,28,31). The Bertz CT molecular complexity index is 1150. The first-order valence-electron chi connectivity index (χ1n) is 10.8. The van der Waals surface area contributed by atoms with E-state index in [-0.39, 0.29) is 18.4 Å². The number of halogens is 1. The van der Waals surface area contributed by atoms with Crippen molar-refractivity contribution >= 4 is 34.8 Å². The number of benzene rings is 3. The number of unbranched alkanes of at least 4 members (excludes halogenated alkanes) is 1. The van der Waals surface area contributed by atoms with Crippen molar-refractivity contribution in [3.8, 4) is 11.5 Å². The molecule has 0 fully saturated rings. The van der Waals surface area contributed by atoms with Gasteiger partial charge in [0.15, 0.2) is 6.61 Å². The Balaban J connectivity index is 1.37. The van der Waals surface area contributed by atoms with Gasteiger partial charge in [-0.05, 0) is 73.9 Å². The van der Waals surface area contributed by atoms with Gasteiger partial charge in [-0.25, -0.2) is 0 Å². The van der Waals surface area contributed by atoms with Crippen LogP contribution < -0.4 is 19.7 Å². The van der Waals surface area contributed by atoms with Gasteiger partial charge in [0.25, 0.3) is 11.8 Å². The molecule has 4 rings (SSSR count). The third-order valence-corrected chi connectivity index (χ3v) is 5.65. The second-order valence-electron chi connectivity index (χ2n) is 7.80. The maximum Gasteiger partial charge on any atom is 0.265 e. The van der Waals surface area contributed by atoms with Crippen LogP contribution in [0.1, 0.15) is 28.8 Å². The summed E-state index contributed by atoms with van der Waals surface area (Å²) in [7, 11) is 0. The van der Waals surface area contributed by atoms with E-state index in [0.29, 0.717) is 40.9 Å². The topological polar surface area (TPSA) is 67.9 Å². The van der Waals surface area contributed by atoms with Crippen molar-refractivity contribution in [1.29, 1.82) is 0 Å². The Labute approximate surface area is 198 Å². The van der Waals surface area contributed by atoms with Gasteiger partial charge in [0.05, 0.1) is 12.3 Å². The molecule has 1 N–H and O–H groups in total. The molecule has 0 saturated heterocycles. The largest absolute Gasteiger partial charge is 0.493 e. The maximum absolute atomic E-state index is 12.5. The number of carbonyl (C=O) groups is 2. The molecule has 3 aromatic rings. The van der Waals surface area contributed by atoms with Crippen LogP contribution in [0.2, 0.25) is 5.02 Å². The number of carbonyl (C=O) groups excluding carboxylic acids is 2. The minimum absolute atomic E-state index is 0.00317. The lowest BCUT2D eigenvalue weighted by atomic mass is 10.1. The van der Waals surface area contributed by atoms with Gasteiger partial charge in [0.1, 0.15) is 11.5 Å². The van der Waals surface area contributed by atoms with Crippen molar-refractivity contribution in [2.24, 2.45) is 0 Å². The van der Waals surface area contributed by atoms with E-state index in [9.17, 15) is 9.59 Å². The van der Waals surface area contributed by atoms with Crippen LogP contribution in [0.15, 0.2) is 66.7 Å². The summed E-state index contributed by atoms with van der Waals surface area (Å²) in [6.07, 6.45) is 1.58. The molecule has 2 amide bonds. The van der Waals surface area contributed by atoms with E-state index in [1.807, 2.05) is 31.2 Å². The molecule has 0 saturated carbocycles. The highest BCUT2D eigenvalue weighted by Gasteiger charge is 2.25. The van der Waals surface area contributed by atoms with Crippen molar-refractivity contribution < 1.29 is 19.1 Å². The molecule has 1 aliphatic heterocycles. The Kier molecular flexibility index (Phi) is 7.15. The molecule has 0 spiro atoms. The number of rotatable bonds is 8. The number of aryl methyl sites for hydroxylation is 1. The lowest BCUT2D eigenvalue weighted by Gasteiger charge is -2.30. The van der Waals surface area contributed by atoms with E-state index in [1.54, 1.807) is 47.4 Å². The van der Waals surface area contributed by atoms with Crippen LogP contribution in [0.3, 0.4) is 0 Å². The second-order valence-corrected chi connectivity index (χ2v) is 8.24. The number of hydrogen-bond acceptors (Lipinski definition) is 4. The SMILES string of the molecule is Cc1ccccc1OCCCCN1C(=O)COc2ccc(NC(=O)c3ccc(Cl)cc3)cc21. The first kappa shape index (κ1) is 22.7. The van der Waals surface area contributed by atoms with Gasteiger partial charge in [0, 0.05) is 22.8 Å². The van der Waals surface area contributed by atoms with Crippen molar-refractivity contribution in [1.82, 2.24) is 0 Å². The van der Waals surface area contributed by atoms with Crippen molar-refractivity contribution in [2.45, 2.75) is 19.8 Å². The van der Waals surface area contributed by atoms with Gasteiger partial charge in [-0.15, -0.1) is 0 Å². The van der Waals surface area contributed by atoms with Gasteiger partial charge in [0.2, 0.25) is 0 Å². The van der Waals surface area contributed by atoms with Crippen LogP contribution >= 0.6 is 11.6 Å². The van der Waals surface area contributed by atoms with E-state index in [1.165, 1.54) is 0 Å². The first-order valence-corrected chi connectivity index (χ1v) is 11.2. The summed E-state index contributed by atoms with van der Waals surface area (Å²) in [5.41, 5.74) is 2.83. The molecule has 33 heavy (non-hydrogen) atoms. The van der Waals surface area contributed by atoms with E-state index in [2.05, 4.69) is 5.32 Å². The number of para-hydroxylation sites is 1. The Morgan fingerprint density at radius 2 is 1.88 bits per heavy atom. The third kappa shape index (κ3) is 5.65. The predicted octanol–water partition coefficient (Wildman–Crippen LogP) is 5.49. The van der Waals surface area contributed by atoms with Gasteiger partial charge in [-0.3, -0.25) is 9.59 Å². The molecule has 0 bridgehead atoms. The fraction of sp³-hybridized carbons (Fsp3) is 0.231. The molecule has 1 aliphatic rings. The number of nitrogens with one attached hydrogen (secondary N) is 1. The lowest BCUT2D eigenvalue weighted by molar-refractivity contribution is -0.121. The van der Waals surface area contributed by atoms with Crippen LogP contribution in [0.25, 0.3) is 0 Å². The highest BCUT2D eigenvalue weighted by Crippen LogP contribution is 2.35. The number of amides is 2. The Morgan fingerprint density at radius 1 is 1.09 bits per heavy atom. The average Bonchev–Trinajstić information content (AvgIpc) is 2.81. The molecule has 0 atom stereocenters.